The number of aromatic nitrogens is 2. The fourth-order valence-electron chi connectivity index (χ4n) is 1.97. The number of nitrogens with zero attached hydrogens (tertiary/aromatic N) is 2. The van der Waals surface area contributed by atoms with Gasteiger partial charge in [0.2, 0.25) is 0 Å². The van der Waals surface area contributed by atoms with Gasteiger partial charge in [0.25, 0.3) is 0 Å². The normalized spacial score (nSPS) is 19.2. The van der Waals surface area contributed by atoms with Crippen molar-refractivity contribution in [1.82, 2.24) is 15.1 Å². The van der Waals surface area contributed by atoms with Crippen molar-refractivity contribution in [3.8, 4) is 0 Å². The molecule has 0 aliphatic carbocycles. The van der Waals surface area contributed by atoms with Crippen molar-refractivity contribution in [1.29, 1.82) is 0 Å². The zero-order chi connectivity index (χ0) is 9.26. The van der Waals surface area contributed by atoms with Gasteiger partial charge in [0.15, 0.2) is 0 Å². The molecule has 0 amide bonds. The molecule has 0 aromatic carbocycles. The largest absolute Gasteiger partial charge is 0.382 e. The average molecular weight is 180 g/mol. The van der Waals surface area contributed by atoms with Crippen LogP contribution in [0.1, 0.15) is 24.3 Å². The van der Waals surface area contributed by atoms with E-state index >= 15 is 0 Å². The van der Waals surface area contributed by atoms with E-state index in [0.717, 1.165) is 13.1 Å². The van der Waals surface area contributed by atoms with Crippen molar-refractivity contribution in [2.75, 3.05) is 18.8 Å². The fraction of sp³-hybridized carbons (Fsp3) is 0.667. The number of hydrogen-bond acceptors (Lipinski definition) is 3. The lowest BCUT2D eigenvalue weighted by molar-refractivity contribution is 0.461. The quantitative estimate of drug-likeness (QED) is 0.660. The van der Waals surface area contributed by atoms with E-state index in [9.17, 15) is 0 Å². The first-order valence-electron chi connectivity index (χ1n) is 4.77. The lowest BCUT2D eigenvalue weighted by Crippen LogP contribution is -2.26. The molecule has 1 aromatic heterocycles. The second-order valence-electron chi connectivity index (χ2n) is 3.67. The second kappa shape index (κ2) is 3.38. The van der Waals surface area contributed by atoms with Crippen LogP contribution in [0.3, 0.4) is 0 Å². The average Bonchev–Trinajstić information content (AvgIpc) is 2.47. The Labute approximate surface area is 78.1 Å². The Kier molecular flexibility index (Phi) is 2.22. The number of nitrogen functional groups attached to an aromatic ring is 1. The molecule has 0 bridgehead atoms. The van der Waals surface area contributed by atoms with Crippen LogP contribution >= 0.6 is 0 Å². The zero-order valence-electron chi connectivity index (χ0n) is 7.95. The van der Waals surface area contributed by atoms with E-state index in [1.54, 1.807) is 4.68 Å². The van der Waals surface area contributed by atoms with Gasteiger partial charge in [0, 0.05) is 18.8 Å². The van der Waals surface area contributed by atoms with Crippen LogP contribution in [0.2, 0.25) is 0 Å². The summed E-state index contributed by atoms with van der Waals surface area (Å²) in [4.78, 5) is 0. The van der Waals surface area contributed by atoms with Crippen LogP contribution in [-0.4, -0.2) is 22.9 Å². The molecule has 0 atom stereocenters. The summed E-state index contributed by atoms with van der Waals surface area (Å²) in [6.07, 6.45) is 4.40. The van der Waals surface area contributed by atoms with Crippen LogP contribution in [0.15, 0.2) is 6.20 Å². The number of aryl methyl sites for hydroxylation is 1. The predicted octanol–water partition coefficient (Wildman–Crippen LogP) is 0.469. The smallest absolute Gasteiger partial charge is 0.148 e. The summed E-state index contributed by atoms with van der Waals surface area (Å²) in [5, 5.41) is 7.50. The Hall–Kier alpha value is -1.03. The molecule has 2 rings (SSSR count). The van der Waals surface area contributed by atoms with Gasteiger partial charge in [-0.25, -0.2) is 0 Å². The molecule has 1 saturated heterocycles. The van der Waals surface area contributed by atoms with Gasteiger partial charge in [0.1, 0.15) is 5.82 Å². The Bertz CT molecular complexity index is 286. The van der Waals surface area contributed by atoms with Crippen molar-refractivity contribution in [2.45, 2.75) is 18.8 Å². The van der Waals surface area contributed by atoms with Gasteiger partial charge in [-0.05, 0) is 31.8 Å². The highest BCUT2D eigenvalue weighted by molar-refractivity contribution is 5.40. The van der Waals surface area contributed by atoms with Crippen LogP contribution in [0, 0.1) is 0 Å². The SMILES string of the molecule is Cn1cc(C2CCNCC2)c(N)n1. The predicted molar refractivity (Wildman–Crippen MR) is 52.5 cm³/mol. The third-order valence-electron chi connectivity index (χ3n) is 2.67. The van der Waals surface area contributed by atoms with Crippen LogP contribution in [0.5, 0.6) is 0 Å². The van der Waals surface area contributed by atoms with Gasteiger partial charge in [-0.1, -0.05) is 0 Å². The molecule has 0 radical (unpaired) electrons. The standard InChI is InChI=1S/C9H16N4/c1-13-6-8(9(10)12-13)7-2-4-11-5-3-7/h6-7,11H,2-5H2,1H3,(H2,10,12). The molecular weight excluding hydrogens is 164 g/mol. The summed E-state index contributed by atoms with van der Waals surface area (Å²) in [5.74, 6) is 1.31. The maximum Gasteiger partial charge on any atom is 0.148 e. The Morgan fingerprint density at radius 1 is 1.54 bits per heavy atom. The molecule has 1 fully saturated rings. The lowest BCUT2D eigenvalue weighted by Gasteiger charge is -2.21. The monoisotopic (exact) mass is 180 g/mol. The summed E-state index contributed by atoms with van der Waals surface area (Å²) in [6, 6.07) is 0. The van der Waals surface area contributed by atoms with E-state index in [0.29, 0.717) is 11.7 Å². The van der Waals surface area contributed by atoms with Gasteiger partial charge in [-0.3, -0.25) is 4.68 Å². The molecule has 3 N–H and O–H groups in total. The molecular formula is C9H16N4. The first-order chi connectivity index (χ1) is 6.27. The van der Waals surface area contributed by atoms with E-state index in [4.69, 9.17) is 5.73 Å². The molecule has 13 heavy (non-hydrogen) atoms. The first-order valence-corrected chi connectivity index (χ1v) is 4.77. The Morgan fingerprint density at radius 2 is 2.23 bits per heavy atom. The molecule has 72 valence electrons. The molecule has 4 nitrogen and oxygen atoms in total. The summed E-state index contributed by atoms with van der Waals surface area (Å²) in [6.45, 7) is 2.19. The highest BCUT2D eigenvalue weighted by Crippen LogP contribution is 2.28. The zero-order valence-corrected chi connectivity index (χ0v) is 7.95. The van der Waals surface area contributed by atoms with Crippen molar-refractivity contribution >= 4 is 5.82 Å². The highest BCUT2D eigenvalue weighted by Gasteiger charge is 2.19. The van der Waals surface area contributed by atoms with Gasteiger partial charge >= 0.3 is 0 Å². The maximum atomic E-state index is 5.82. The topological polar surface area (TPSA) is 55.9 Å². The van der Waals surface area contributed by atoms with Crippen LogP contribution in [0.4, 0.5) is 5.82 Å². The molecule has 0 unspecified atom stereocenters. The van der Waals surface area contributed by atoms with Gasteiger partial charge in [0.05, 0.1) is 0 Å². The van der Waals surface area contributed by atoms with Crippen molar-refractivity contribution in [3.05, 3.63) is 11.8 Å². The number of nitrogens with one attached hydrogen (secondary N) is 1. The number of nitrogens with two attached hydrogens (primary N) is 1. The highest BCUT2D eigenvalue weighted by atomic mass is 15.3. The van der Waals surface area contributed by atoms with Crippen LogP contribution < -0.4 is 11.1 Å². The fourth-order valence-corrected chi connectivity index (χ4v) is 1.97. The molecule has 4 heteroatoms. The molecule has 1 aliphatic heterocycles. The summed E-state index contributed by atoms with van der Waals surface area (Å²) in [5.41, 5.74) is 7.05. The molecule has 0 spiro atoms. The Balaban J connectivity index is 2.18. The number of hydrogen-bond donors (Lipinski definition) is 2. The first kappa shape index (κ1) is 8.56. The van der Waals surface area contributed by atoms with Crippen LogP contribution in [-0.2, 0) is 7.05 Å². The second-order valence-corrected chi connectivity index (χ2v) is 3.67. The number of anilines is 1. The lowest BCUT2D eigenvalue weighted by atomic mass is 9.92. The third-order valence-corrected chi connectivity index (χ3v) is 2.67. The van der Waals surface area contributed by atoms with Crippen LogP contribution in [0.25, 0.3) is 0 Å². The van der Waals surface area contributed by atoms with Gasteiger partial charge < -0.3 is 11.1 Å². The van der Waals surface area contributed by atoms with E-state index < -0.39 is 0 Å². The third kappa shape index (κ3) is 1.67. The van der Waals surface area contributed by atoms with E-state index in [1.807, 2.05) is 13.2 Å². The molecule has 1 aliphatic rings. The van der Waals surface area contributed by atoms with Crippen molar-refractivity contribution < 1.29 is 0 Å². The minimum absolute atomic E-state index is 0.606. The minimum Gasteiger partial charge on any atom is -0.382 e. The molecule has 0 saturated carbocycles. The molecule has 2 heterocycles. The summed E-state index contributed by atoms with van der Waals surface area (Å²) < 4.78 is 1.80. The maximum absolute atomic E-state index is 5.82. The van der Waals surface area contributed by atoms with E-state index in [-0.39, 0.29) is 0 Å². The Morgan fingerprint density at radius 3 is 2.77 bits per heavy atom. The van der Waals surface area contributed by atoms with E-state index in [1.165, 1.54) is 18.4 Å². The van der Waals surface area contributed by atoms with Gasteiger partial charge in [-0.15, -0.1) is 0 Å². The number of piperidine rings is 1. The van der Waals surface area contributed by atoms with Gasteiger partial charge in [-0.2, -0.15) is 5.10 Å². The summed E-state index contributed by atoms with van der Waals surface area (Å²) >= 11 is 0. The number of rotatable bonds is 1. The van der Waals surface area contributed by atoms with Crippen molar-refractivity contribution in [2.24, 2.45) is 7.05 Å². The minimum atomic E-state index is 0.606. The summed E-state index contributed by atoms with van der Waals surface area (Å²) in [7, 11) is 1.92. The molecule has 1 aromatic rings. The van der Waals surface area contributed by atoms with Crippen molar-refractivity contribution in [3.63, 3.8) is 0 Å². The van der Waals surface area contributed by atoms with E-state index in [2.05, 4.69) is 10.4 Å².